The molecule has 0 saturated carbocycles. The topological polar surface area (TPSA) is 64.9 Å². The fourth-order valence-corrected chi connectivity index (χ4v) is 2.57. The molecule has 0 aliphatic rings. The number of hydrogen-bond donors (Lipinski definition) is 2. The monoisotopic (exact) mass is 345 g/mol. The summed E-state index contributed by atoms with van der Waals surface area (Å²) in [5.74, 6) is -0.718. The Labute approximate surface area is 145 Å². The van der Waals surface area contributed by atoms with E-state index in [9.17, 15) is 9.18 Å². The highest BCUT2D eigenvalue weighted by Crippen LogP contribution is 2.29. The molecule has 24 heavy (non-hydrogen) atoms. The minimum Gasteiger partial charge on any atom is -0.342 e. The van der Waals surface area contributed by atoms with Crippen molar-refractivity contribution < 1.29 is 9.18 Å². The lowest BCUT2D eigenvalue weighted by Crippen LogP contribution is -2.36. The molecule has 0 aliphatic carbocycles. The zero-order valence-corrected chi connectivity index (χ0v) is 13.9. The van der Waals surface area contributed by atoms with Crippen LogP contribution in [0.2, 0.25) is 5.02 Å². The van der Waals surface area contributed by atoms with Crippen LogP contribution in [0, 0.1) is 24.1 Å². The Morgan fingerprint density at radius 1 is 1.29 bits per heavy atom. The maximum Gasteiger partial charge on any atom is 0.234 e. The van der Waals surface area contributed by atoms with Gasteiger partial charge < -0.3 is 5.32 Å². The van der Waals surface area contributed by atoms with Crippen LogP contribution in [0.1, 0.15) is 22.7 Å². The Morgan fingerprint density at radius 2 is 2.00 bits per heavy atom. The van der Waals surface area contributed by atoms with Gasteiger partial charge in [-0.15, -0.1) is 0 Å². The zero-order valence-electron chi connectivity index (χ0n) is 13.1. The molecule has 6 heteroatoms. The zero-order chi connectivity index (χ0) is 17.5. The van der Waals surface area contributed by atoms with Crippen LogP contribution < -0.4 is 10.6 Å². The van der Waals surface area contributed by atoms with E-state index in [1.807, 2.05) is 37.3 Å². The number of nitriles is 1. The number of carbonyl (C=O) groups excluding carboxylic acids is 1. The molecule has 0 saturated heterocycles. The Hall–Kier alpha value is -2.42. The Bertz CT molecular complexity index is 756. The molecule has 4 nitrogen and oxygen atoms in total. The third-order valence-electron chi connectivity index (χ3n) is 3.52. The van der Waals surface area contributed by atoms with Crippen molar-refractivity contribution >= 4 is 17.5 Å². The highest BCUT2D eigenvalue weighted by Gasteiger charge is 2.18. The number of amides is 1. The van der Waals surface area contributed by atoms with Gasteiger partial charge >= 0.3 is 0 Å². The summed E-state index contributed by atoms with van der Waals surface area (Å²) in [6.45, 7) is 1.94. The molecular formula is C18H17ClFN3O. The van der Waals surface area contributed by atoms with E-state index in [0.717, 1.165) is 11.1 Å². The molecule has 1 unspecified atom stereocenters. The number of nitrogens with zero attached hydrogens (tertiary/aromatic N) is 1. The van der Waals surface area contributed by atoms with E-state index in [4.69, 9.17) is 16.9 Å². The summed E-state index contributed by atoms with van der Waals surface area (Å²) in [7, 11) is 0. The quantitative estimate of drug-likeness (QED) is 0.791. The molecule has 0 aromatic heterocycles. The first-order valence-corrected chi connectivity index (χ1v) is 7.77. The van der Waals surface area contributed by atoms with Gasteiger partial charge in [-0.2, -0.15) is 5.26 Å². The first-order chi connectivity index (χ1) is 11.5. The molecule has 1 atom stereocenters. The van der Waals surface area contributed by atoms with E-state index >= 15 is 0 Å². The van der Waals surface area contributed by atoms with Gasteiger partial charge in [0.1, 0.15) is 12.4 Å². The van der Waals surface area contributed by atoms with E-state index < -0.39 is 5.82 Å². The van der Waals surface area contributed by atoms with Crippen molar-refractivity contribution in [2.45, 2.75) is 13.0 Å². The number of nitrogens with one attached hydrogen (secondary N) is 2. The molecular weight excluding hydrogens is 329 g/mol. The molecule has 2 aromatic rings. The van der Waals surface area contributed by atoms with Crippen LogP contribution in [-0.2, 0) is 4.79 Å². The summed E-state index contributed by atoms with van der Waals surface area (Å²) in [5.41, 5.74) is 2.69. The van der Waals surface area contributed by atoms with Crippen LogP contribution in [0.15, 0.2) is 42.5 Å². The predicted octanol–water partition coefficient (Wildman–Crippen LogP) is 3.11. The number of carbonyl (C=O) groups is 1. The molecule has 1 amide bonds. The first-order valence-electron chi connectivity index (χ1n) is 7.40. The standard InChI is InChI=1S/C18H17ClFN3O/c1-12-2-4-13(5-3-12)18(23-11-17(24)22-9-8-21)15-7-6-14(20)10-16(15)19/h2-7,10,18,23H,9,11H2,1H3,(H,22,24). The molecule has 0 heterocycles. The molecule has 0 aliphatic heterocycles. The fraction of sp³-hybridized carbons (Fsp3) is 0.222. The van der Waals surface area contributed by atoms with Crippen molar-refractivity contribution in [3.05, 3.63) is 70.0 Å². The van der Waals surface area contributed by atoms with Crippen LogP contribution in [0.4, 0.5) is 4.39 Å². The molecule has 2 aromatic carbocycles. The second-order valence-electron chi connectivity index (χ2n) is 5.33. The summed E-state index contributed by atoms with van der Waals surface area (Å²) in [5, 5.41) is 14.4. The SMILES string of the molecule is Cc1ccc(C(NCC(=O)NCC#N)c2ccc(F)cc2Cl)cc1. The Morgan fingerprint density at radius 3 is 2.62 bits per heavy atom. The molecule has 0 spiro atoms. The van der Waals surface area contributed by atoms with Crippen molar-refractivity contribution in [2.24, 2.45) is 0 Å². The minimum absolute atomic E-state index is 0.00787. The molecule has 0 radical (unpaired) electrons. The fourth-order valence-electron chi connectivity index (χ4n) is 2.30. The molecule has 0 fully saturated rings. The van der Waals surface area contributed by atoms with Gasteiger partial charge in [-0.25, -0.2) is 4.39 Å². The van der Waals surface area contributed by atoms with Crippen LogP contribution in [0.3, 0.4) is 0 Å². The smallest absolute Gasteiger partial charge is 0.234 e. The van der Waals surface area contributed by atoms with Crippen molar-refractivity contribution in [3.8, 4) is 6.07 Å². The Balaban J connectivity index is 2.26. The van der Waals surface area contributed by atoms with E-state index in [-0.39, 0.29) is 30.1 Å². The second kappa shape index (κ2) is 8.44. The molecule has 2 rings (SSSR count). The minimum atomic E-state index is -0.418. The lowest BCUT2D eigenvalue weighted by Gasteiger charge is -2.21. The summed E-state index contributed by atoms with van der Waals surface area (Å²) in [6.07, 6.45) is 0. The van der Waals surface area contributed by atoms with E-state index in [1.165, 1.54) is 12.1 Å². The lowest BCUT2D eigenvalue weighted by atomic mass is 9.97. The largest absolute Gasteiger partial charge is 0.342 e. The average Bonchev–Trinajstić information content (AvgIpc) is 2.56. The number of aryl methyl sites for hydroxylation is 1. The van der Waals surface area contributed by atoms with Crippen LogP contribution in [-0.4, -0.2) is 19.0 Å². The van der Waals surface area contributed by atoms with Crippen molar-refractivity contribution in [1.29, 1.82) is 5.26 Å². The number of hydrogen-bond acceptors (Lipinski definition) is 3. The maximum absolute atomic E-state index is 13.3. The van der Waals surface area contributed by atoms with Gasteiger partial charge in [0, 0.05) is 5.02 Å². The predicted molar refractivity (Wildman–Crippen MR) is 91.1 cm³/mol. The average molecular weight is 346 g/mol. The number of rotatable bonds is 6. The first kappa shape index (κ1) is 17.9. The van der Waals surface area contributed by atoms with Gasteiger partial charge in [0.15, 0.2) is 0 Å². The van der Waals surface area contributed by atoms with Gasteiger partial charge in [-0.1, -0.05) is 47.5 Å². The van der Waals surface area contributed by atoms with Gasteiger partial charge in [-0.3, -0.25) is 10.1 Å². The van der Waals surface area contributed by atoms with Gasteiger partial charge in [-0.05, 0) is 30.2 Å². The highest BCUT2D eigenvalue weighted by molar-refractivity contribution is 6.31. The third kappa shape index (κ3) is 4.79. The summed E-state index contributed by atoms with van der Waals surface area (Å²) >= 11 is 6.18. The number of halogens is 2. The summed E-state index contributed by atoms with van der Waals surface area (Å²) in [6, 6.07) is 13.4. The van der Waals surface area contributed by atoms with E-state index in [1.54, 1.807) is 6.07 Å². The van der Waals surface area contributed by atoms with Crippen LogP contribution >= 0.6 is 11.6 Å². The molecule has 124 valence electrons. The summed E-state index contributed by atoms with van der Waals surface area (Å²) in [4.78, 5) is 11.7. The van der Waals surface area contributed by atoms with Crippen molar-refractivity contribution in [1.82, 2.24) is 10.6 Å². The molecule has 2 N–H and O–H groups in total. The van der Waals surface area contributed by atoms with Crippen molar-refractivity contribution in [2.75, 3.05) is 13.1 Å². The lowest BCUT2D eigenvalue weighted by molar-refractivity contribution is -0.120. The van der Waals surface area contributed by atoms with E-state index in [0.29, 0.717) is 5.56 Å². The van der Waals surface area contributed by atoms with Gasteiger partial charge in [0.2, 0.25) is 5.91 Å². The highest BCUT2D eigenvalue weighted by atomic mass is 35.5. The van der Waals surface area contributed by atoms with Crippen LogP contribution in [0.5, 0.6) is 0 Å². The van der Waals surface area contributed by atoms with Gasteiger partial charge in [0.25, 0.3) is 0 Å². The Kier molecular flexibility index (Phi) is 6.30. The second-order valence-corrected chi connectivity index (χ2v) is 5.73. The molecule has 0 bridgehead atoms. The number of benzene rings is 2. The summed E-state index contributed by atoms with van der Waals surface area (Å²) < 4.78 is 13.3. The van der Waals surface area contributed by atoms with Gasteiger partial charge in [0.05, 0.1) is 18.7 Å². The van der Waals surface area contributed by atoms with Crippen molar-refractivity contribution in [3.63, 3.8) is 0 Å². The third-order valence-corrected chi connectivity index (χ3v) is 3.84. The van der Waals surface area contributed by atoms with Crippen LogP contribution in [0.25, 0.3) is 0 Å². The van der Waals surface area contributed by atoms with E-state index in [2.05, 4.69) is 10.6 Å². The maximum atomic E-state index is 13.3. The normalized spacial score (nSPS) is 11.6.